The summed E-state index contributed by atoms with van der Waals surface area (Å²) >= 11 is 0. The standard InChI is InChI=1S/C15H16N6/c1-11-5-19-14(10-18-11)9-17-7-13-8-20-21-15(13)12-3-2-4-16-6-12/h2-6,8,10,17H,7,9H2,1H3,(H,20,21). The van der Waals surface area contributed by atoms with Gasteiger partial charge in [0.2, 0.25) is 0 Å². The summed E-state index contributed by atoms with van der Waals surface area (Å²) in [5.74, 6) is 0. The molecule has 0 aliphatic carbocycles. The van der Waals surface area contributed by atoms with Gasteiger partial charge in [-0.05, 0) is 19.1 Å². The number of nitrogens with zero attached hydrogens (tertiary/aromatic N) is 4. The van der Waals surface area contributed by atoms with Gasteiger partial charge in [0.25, 0.3) is 0 Å². The Balaban J connectivity index is 1.64. The minimum absolute atomic E-state index is 0.672. The topological polar surface area (TPSA) is 79.4 Å². The summed E-state index contributed by atoms with van der Waals surface area (Å²) in [5, 5.41) is 10.5. The summed E-state index contributed by atoms with van der Waals surface area (Å²) < 4.78 is 0. The SMILES string of the molecule is Cc1cnc(CNCc2cn[nH]c2-c2cccnc2)cn1. The van der Waals surface area contributed by atoms with Gasteiger partial charge in [-0.1, -0.05) is 0 Å². The van der Waals surface area contributed by atoms with Crippen LogP contribution in [0.3, 0.4) is 0 Å². The van der Waals surface area contributed by atoms with Crippen molar-refractivity contribution in [2.75, 3.05) is 0 Å². The number of aromatic nitrogens is 5. The Hall–Kier alpha value is -2.60. The average molecular weight is 280 g/mol. The summed E-state index contributed by atoms with van der Waals surface area (Å²) in [4.78, 5) is 12.7. The van der Waals surface area contributed by atoms with Crippen molar-refractivity contribution >= 4 is 0 Å². The molecular formula is C15H16N6. The minimum Gasteiger partial charge on any atom is -0.307 e. The minimum atomic E-state index is 0.672. The van der Waals surface area contributed by atoms with Gasteiger partial charge in [-0.15, -0.1) is 0 Å². The smallest absolute Gasteiger partial charge is 0.0724 e. The van der Waals surface area contributed by atoms with Crippen molar-refractivity contribution in [2.45, 2.75) is 20.0 Å². The van der Waals surface area contributed by atoms with E-state index in [1.807, 2.05) is 31.5 Å². The lowest BCUT2D eigenvalue weighted by Crippen LogP contribution is -2.14. The number of hydrogen-bond donors (Lipinski definition) is 2. The van der Waals surface area contributed by atoms with Crippen molar-refractivity contribution in [3.8, 4) is 11.3 Å². The molecule has 0 aromatic carbocycles. The summed E-state index contributed by atoms with van der Waals surface area (Å²) in [6, 6.07) is 3.92. The molecule has 3 rings (SSSR count). The van der Waals surface area contributed by atoms with E-state index in [1.54, 1.807) is 18.6 Å². The number of aromatic amines is 1. The fourth-order valence-corrected chi connectivity index (χ4v) is 2.04. The third kappa shape index (κ3) is 3.29. The van der Waals surface area contributed by atoms with Crippen molar-refractivity contribution in [2.24, 2.45) is 0 Å². The number of rotatable bonds is 5. The van der Waals surface area contributed by atoms with Crippen LogP contribution in [-0.4, -0.2) is 25.1 Å². The van der Waals surface area contributed by atoms with Gasteiger partial charge in [-0.3, -0.25) is 20.1 Å². The first-order valence-electron chi connectivity index (χ1n) is 6.74. The predicted molar refractivity (Wildman–Crippen MR) is 79.1 cm³/mol. The van der Waals surface area contributed by atoms with Crippen LogP contribution < -0.4 is 5.32 Å². The molecule has 3 heterocycles. The summed E-state index contributed by atoms with van der Waals surface area (Å²) in [5.41, 5.74) is 4.97. The zero-order chi connectivity index (χ0) is 14.5. The van der Waals surface area contributed by atoms with Gasteiger partial charge < -0.3 is 5.32 Å². The molecule has 0 unspecified atom stereocenters. The molecule has 21 heavy (non-hydrogen) atoms. The van der Waals surface area contributed by atoms with Crippen molar-refractivity contribution < 1.29 is 0 Å². The second kappa shape index (κ2) is 6.23. The van der Waals surface area contributed by atoms with Gasteiger partial charge in [-0.2, -0.15) is 5.10 Å². The average Bonchev–Trinajstić information content (AvgIpc) is 2.99. The van der Waals surface area contributed by atoms with E-state index in [0.29, 0.717) is 13.1 Å². The first-order valence-corrected chi connectivity index (χ1v) is 6.74. The summed E-state index contributed by atoms with van der Waals surface area (Å²) in [6.45, 7) is 3.30. The lowest BCUT2D eigenvalue weighted by atomic mass is 10.1. The number of H-pyrrole nitrogens is 1. The molecule has 2 N–H and O–H groups in total. The first kappa shape index (κ1) is 13.4. The number of aryl methyl sites for hydroxylation is 1. The molecule has 0 aliphatic rings. The Morgan fingerprint density at radius 1 is 1.10 bits per heavy atom. The van der Waals surface area contributed by atoms with E-state index in [9.17, 15) is 0 Å². The number of hydrogen-bond acceptors (Lipinski definition) is 5. The van der Waals surface area contributed by atoms with E-state index >= 15 is 0 Å². The Morgan fingerprint density at radius 2 is 2.05 bits per heavy atom. The van der Waals surface area contributed by atoms with Crippen LogP contribution >= 0.6 is 0 Å². The fraction of sp³-hybridized carbons (Fsp3) is 0.200. The zero-order valence-electron chi connectivity index (χ0n) is 11.7. The second-order valence-corrected chi connectivity index (χ2v) is 4.76. The third-order valence-electron chi connectivity index (χ3n) is 3.12. The van der Waals surface area contributed by atoms with Crippen LogP contribution in [0.2, 0.25) is 0 Å². The summed E-state index contributed by atoms with van der Waals surface area (Å²) in [7, 11) is 0. The first-order chi connectivity index (χ1) is 10.3. The van der Waals surface area contributed by atoms with E-state index in [2.05, 4.69) is 30.5 Å². The van der Waals surface area contributed by atoms with Gasteiger partial charge in [0.1, 0.15) is 0 Å². The van der Waals surface area contributed by atoms with Crippen molar-refractivity contribution in [1.82, 2.24) is 30.5 Å². The van der Waals surface area contributed by atoms with E-state index in [4.69, 9.17) is 0 Å². The molecule has 0 fully saturated rings. The largest absolute Gasteiger partial charge is 0.307 e. The van der Waals surface area contributed by atoms with Gasteiger partial charge >= 0.3 is 0 Å². The molecule has 6 nitrogen and oxygen atoms in total. The molecule has 0 saturated carbocycles. The van der Waals surface area contributed by atoms with Crippen LogP contribution in [0.4, 0.5) is 0 Å². The van der Waals surface area contributed by atoms with E-state index < -0.39 is 0 Å². The van der Waals surface area contributed by atoms with Crippen LogP contribution in [0.25, 0.3) is 11.3 Å². The highest BCUT2D eigenvalue weighted by Crippen LogP contribution is 2.19. The maximum absolute atomic E-state index is 4.32. The molecule has 0 radical (unpaired) electrons. The van der Waals surface area contributed by atoms with Crippen LogP contribution in [-0.2, 0) is 13.1 Å². The molecule has 6 heteroatoms. The maximum atomic E-state index is 4.32. The quantitative estimate of drug-likeness (QED) is 0.745. The van der Waals surface area contributed by atoms with Gasteiger partial charge in [-0.25, -0.2) is 0 Å². The molecule has 0 bridgehead atoms. The lowest BCUT2D eigenvalue weighted by molar-refractivity contribution is 0.677. The number of pyridine rings is 1. The Bertz CT molecular complexity index is 690. The van der Waals surface area contributed by atoms with Crippen LogP contribution in [0, 0.1) is 6.92 Å². The monoisotopic (exact) mass is 280 g/mol. The van der Waals surface area contributed by atoms with Crippen molar-refractivity contribution in [3.05, 3.63) is 60.1 Å². The van der Waals surface area contributed by atoms with Crippen LogP contribution in [0.5, 0.6) is 0 Å². The van der Waals surface area contributed by atoms with E-state index in [-0.39, 0.29) is 0 Å². The highest BCUT2D eigenvalue weighted by molar-refractivity contribution is 5.61. The van der Waals surface area contributed by atoms with E-state index in [0.717, 1.165) is 28.2 Å². The molecular weight excluding hydrogens is 264 g/mol. The van der Waals surface area contributed by atoms with Gasteiger partial charge in [0.15, 0.2) is 0 Å². The molecule has 0 spiro atoms. The van der Waals surface area contributed by atoms with Crippen molar-refractivity contribution in [3.63, 3.8) is 0 Å². The number of nitrogens with one attached hydrogen (secondary N) is 2. The predicted octanol–water partition coefficient (Wildman–Crippen LogP) is 1.86. The summed E-state index contributed by atoms with van der Waals surface area (Å²) in [6.07, 6.45) is 8.97. The zero-order valence-corrected chi connectivity index (χ0v) is 11.7. The van der Waals surface area contributed by atoms with Gasteiger partial charge in [0, 0.05) is 49.0 Å². The molecule has 0 atom stereocenters. The Labute approximate surface area is 122 Å². The molecule has 0 saturated heterocycles. The molecule has 106 valence electrons. The molecule has 3 aromatic rings. The molecule has 0 amide bonds. The maximum Gasteiger partial charge on any atom is 0.0724 e. The Morgan fingerprint density at radius 3 is 2.81 bits per heavy atom. The Kier molecular flexibility index (Phi) is 3.97. The normalized spacial score (nSPS) is 10.7. The molecule has 0 aliphatic heterocycles. The fourth-order valence-electron chi connectivity index (χ4n) is 2.04. The molecule has 3 aromatic heterocycles. The van der Waals surface area contributed by atoms with Crippen LogP contribution in [0.15, 0.2) is 43.1 Å². The second-order valence-electron chi connectivity index (χ2n) is 4.76. The van der Waals surface area contributed by atoms with Crippen molar-refractivity contribution in [1.29, 1.82) is 0 Å². The van der Waals surface area contributed by atoms with E-state index in [1.165, 1.54) is 0 Å². The third-order valence-corrected chi connectivity index (χ3v) is 3.12. The highest BCUT2D eigenvalue weighted by atomic mass is 15.1. The highest BCUT2D eigenvalue weighted by Gasteiger charge is 2.07. The lowest BCUT2D eigenvalue weighted by Gasteiger charge is -2.05. The van der Waals surface area contributed by atoms with Gasteiger partial charge in [0.05, 0.1) is 23.3 Å². The van der Waals surface area contributed by atoms with Crippen LogP contribution in [0.1, 0.15) is 17.0 Å².